The van der Waals surface area contributed by atoms with E-state index in [1.807, 2.05) is 48.5 Å². The molecule has 7 nitrogen and oxygen atoms in total. The molecule has 40 heavy (non-hydrogen) atoms. The zero-order valence-electron chi connectivity index (χ0n) is 24.1. The monoisotopic (exact) mass is 548 g/mol. The van der Waals surface area contributed by atoms with Gasteiger partial charge in [0.15, 0.2) is 0 Å². The Hall–Kier alpha value is -2.97. The van der Waals surface area contributed by atoms with E-state index < -0.39 is 5.97 Å². The fraction of sp³-hybridized carbons (Fsp3) is 0.485. The molecule has 2 unspecified atom stereocenters. The average molecular weight is 549 g/mol. The van der Waals surface area contributed by atoms with Crippen LogP contribution >= 0.6 is 0 Å². The zero-order chi connectivity index (χ0) is 28.3. The number of ether oxygens (including phenoxy) is 6. The minimum atomic E-state index is -0.391. The second kappa shape index (κ2) is 11.9. The van der Waals surface area contributed by atoms with Gasteiger partial charge >= 0.3 is 5.97 Å². The Balaban J connectivity index is 1.18. The molecule has 2 aliphatic heterocycles. The number of benzene rings is 2. The van der Waals surface area contributed by atoms with Crippen molar-refractivity contribution in [2.24, 2.45) is 5.92 Å². The fourth-order valence-corrected chi connectivity index (χ4v) is 6.03. The second-order valence-electron chi connectivity index (χ2n) is 11.4. The van der Waals surface area contributed by atoms with Crippen LogP contribution in [-0.4, -0.2) is 56.3 Å². The van der Waals surface area contributed by atoms with Crippen LogP contribution in [0.25, 0.3) is 6.08 Å². The van der Waals surface area contributed by atoms with Crippen LogP contribution in [0.4, 0.5) is 0 Å². The molecule has 2 saturated heterocycles. The first-order valence-corrected chi connectivity index (χ1v) is 14.0. The Bertz CT molecular complexity index is 1220. The summed E-state index contributed by atoms with van der Waals surface area (Å²) in [5.74, 6) is 1.07. The molecular weight excluding hydrogens is 508 g/mol. The molecule has 2 aromatic rings. The van der Waals surface area contributed by atoms with Crippen molar-refractivity contribution in [2.45, 2.75) is 76.2 Å². The van der Waals surface area contributed by atoms with E-state index in [0.717, 1.165) is 29.7 Å². The lowest BCUT2D eigenvalue weighted by molar-refractivity contribution is -0.166. The molecular formula is C33H40O7. The van der Waals surface area contributed by atoms with Gasteiger partial charge in [-0.15, -0.1) is 0 Å². The minimum Gasteiger partial charge on any atom is -0.457 e. The lowest BCUT2D eigenvalue weighted by atomic mass is 9.68. The van der Waals surface area contributed by atoms with Crippen molar-refractivity contribution in [3.05, 3.63) is 77.4 Å². The smallest absolute Gasteiger partial charge is 0.331 e. The number of hydrogen-bond donors (Lipinski definition) is 0. The summed E-state index contributed by atoms with van der Waals surface area (Å²) >= 11 is 0. The molecule has 0 radical (unpaired) electrons. The largest absolute Gasteiger partial charge is 0.457 e. The van der Waals surface area contributed by atoms with Crippen molar-refractivity contribution in [1.29, 1.82) is 0 Å². The van der Waals surface area contributed by atoms with Gasteiger partial charge in [-0.05, 0) is 81.5 Å². The molecule has 0 bridgehead atoms. The Labute approximate surface area is 237 Å². The van der Waals surface area contributed by atoms with Crippen LogP contribution < -0.4 is 4.74 Å². The highest BCUT2D eigenvalue weighted by atomic mass is 16.6. The van der Waals surface area contributed by atoms with Crippen molar-refractivity contribution in [3.8, 4) is 11.5 Å². The lowest BCUT2D eigenvalue weighted by Gasteiger charge is -2.42. The molecule has 1 spiro atoms. The highest BCUT2D eigenvalue weighted by molar-refractivity contribution is 5.87. The van der Waals surface area contributed by atoms with Crippen molar-refractivity contribution in [3.63, 3.8) is 0 Å². The first kappa shape index (κ1) is 28.6. The number of hydrogen-bond acceptors (Lipinski definition) is 7. The third-order valence-corrected chi connectivity index (χ3v) is 8.27. The summed E-state index contributed by atoms with van der Waals surface area (Å²) in [5.41, 5.74) is 2.62. The zero-order valence-corrected chi connectivity index (χ0v) is 24.1. The molecule has 214 valence electrons. The van der Waals surface area contributed by atoms with Crippen molar-refractivity contribution < 1.29 is 33.2 Å². The van der Waals surface area contributed by atoms with Crippen molar-refractivity contribution in [2.75, 3.05) is 20.8 Å². The van der Waals surface area contributed by atoms with Gasteiger partial charge in [0.25, 0.3) is 0 Å². The summed E-state index contributed by atoms with van der Waals surface area (Å²) in [7, 11) is 3.36. The van der Waals surface area contributed by atoms with Gasteiger partial charge < -0.3 is 28.4 Å². The van der Waals surface area contributed by atoms with Crippen LogP contribution in [-0.2, 0) is 35.1 Å². The maximum absolute atomic E-state index is 12.9. The predicted molar refractivity (Wildman–Crippen MR) is 152 cm³/mol. The van der Waals surface area contributed by atoms with Gasteiger partial charge in [0.05, 0.1) is 25.2 Å². The van der Waals surface area contributed by atoms with Crippen LogP contribution in [0.15, 0.2) is 66.3 Å². The molecule has 2 heterocycles. The van der Waals surface area contributed by atoms with Gasteiger partial charge in [-0.25, -0.2) is 4.79 Å². The molecule has 1 saturated carbocycles. The number of esters is 1. The first-order valence-electron chi connectivity index (χ1n) is 14.0. The van der Waals surface area contributed by atoms with Crippen LogP contribution in [0.5, 0.6) is 11.5 Å². The van der Waals surface area contributed by atoms with Crippen molar-refractivity contribution in [1.82, 2.24) is 0 Å². The molecule has 0 aromatic heterocycles. The van der Waals surface area contributed by atoms with E-state index >= 15 is 0 Å². The van der Waals surface area contributed by atoms with Crippen molar-refractivity contribution >= 4 is 12.0 Å². The predicted octanol–water partition coefficient (Wildman–Crippen LogP) is 6.26. The normalized spacial score (nSPS) is 30.7. The van der Waals surface area contributed by atoms with E-state index in [0.29, 0.717) is 25.4 Å². The van der Waals surface area contributed by atoms with E-state index in [1.54, 1.807) is 20.3 Å². The summed E-state index contributed by atoms with van der Waals surface area (Å²) in [4.78, 5) is 12.9. The van der Waals surface area contributed by atoms with E-state index in [1.165, 1.54) is 11.6 Å². The molecule has 3 fully saturated rings. The van der Waals surface area contributed by atoms with Crippen LogP contribution in [0, 0.1) is 5.92 Å². The first-order chi connectivity index (χ1) is 19.3. The number of carbonyl (C=O) groups is 1. The number of rotatable bonds is 11. The third kappa shape index (κ3) is 6.33. The molecule has 6 atom stereocenters. The molecule has 5 rings (SSSR count). The molecule has 0 N–H and O–H groups in total. The molecule has 7 heteroatoms. The van der Waals surface area contributed by atoms with Crippen LogP contribution in [0.1, 0.15) is 51.2 Å². The summed E-state index contributed by atoms with van der Waals surface area (Å²) in [6.07, 6.45) is 7.27. The second-order valence-corrected chi connectivity index (χ2v) is 11.4. The SMILES string of the molecule is COCc1ccc(Oc2ccc(/C=C/C(=O)O[C@@H]3CC[C@]4(CO4)C([C@]4(C)OC4CC=C(C)C)[C@@H]3OC)cc2)cc1. The molecule has 0 amide bonds. The maximum atomic E-state index is 12.9. The van der Waals surface area contributed by atoms with Crippen LogP contribution in [0.3, 0.4) is 0 Å². The van der Waals surface area contributed by atoms with Gasteiger partial charge in [-0.1, -0.05) is 35.9 Å². The van der Waals surface area contributed by atoms with E-state index in [9.17, 15) is 4.79 Å². The Morgan fingerprint density at radius 1 is 1.05 bits per heavy atom. The summed E-state index contributed by atoms with van der Waals surface area (Å²) in [5, 5.41) is 0. The summed E-state index contributed by atoms with van der Waals surface area (Å²) in [6.45, 7) is 7.60. The number of carbonyl (C=O) groups excluding carboxylic acids is 1. The standard InChI is InChI=1S/C33H40O7/c1-22(2)6-16-28-32(3,40-28)31-30(36-5)27(18-19-33(31)21-37-33)39-29(34)17-11-23-7-12-25(13-8-23)38-26-14-9-24(10-15-26)20-35-4/h6-15,17,27-28,30-31H,16,18-21H2,1-5H3/b17-11+/t27-,28?,30-,31?,32-,33+/m1/s1. The minimum absolute atomic E-state index is 0.000169. The van der Waals surface area contributed by atoms with Gasteiger partial charge in [-0.3, -0.25) is 0 Å². The number of allylic oxidation sites excluding steroid dienone is 1. The molecule has 1 aliphatic carbocycles. The molecule has 3 aliphatic rings. The Kier molecular flexibility index (Phi) is 8.47. The number of epoxide rings is 2. The Morgan fingerprint density at radius 2 is 1.73 bits per heavy atom. The topological polar surface area (TPSA) is 79.1 Å². The summed E-state index contributed by atoms with van der Waals surface area (Å²) < 4.78 is 35.2. The number of methoxy groups -OCH3 is 2. The van der Waals surface area contributed by atoms with Gasteiger partial charge in [0.1, 0.15) is 34.9 Å². The van der Waals surface area contributed by atoms with Gasteiger partial charge in [0.2, 0.25) is 0 Å². The third-order valence-electron chi connectivity index (χ3n) is 8.27. The lowest BCUT2D eigenvalue weighted by Crippen LogP contribution is -2.55. The quantitative estimate of drug-likeness (QED) is 0.142. The van der Waals surface area contributed by atoms with Crippen LogP contribution in [0.2, 0.25) is 0 Å². The maximum Gasteiger partial charge on any atom is 0.331 e. The summed E-state index contributed by atoms with van der Waals surface area (Å²) in [6, 6.07) is 15.3. The Morgan fingerprint density at radius 3 is 2.33 bits per heavy atom. The van der Waals surface area contributed by atoms with E-state index in [4.69, 9.17) is 28.4 Å². The van der Waals surface area contributed by atoms with E-state index in [-0.39, 0.29) is 35.4 Å². The molecule has 2 aromatic carbocycles. The highest BCUT2D eigenvalue weighted by Gasteiger charge is 2.72. The fourth-order valence-electron chi connectivity index (χ4n) is 6.03. The average Bonchev–Trinajstić information content (AvgIpc) is 3.86. The van der Waals surface area contributed by atoms with E-state index in [2.05, 4.69) is 26.8 Å². The van der Waals surface area contributed by atoms with Gasteiger partial charge in [-0.2, -0.15) is 0 Å². The highest BCUT2D eigenvalue weighted by Crippen LogP contribution is 2.59. The van der Waals surface area contributed by atoms with Gasteiger partial charge in [0, 0.05) is 20.3 Å².